The molecule has 0 fully saturated rings. The third kappa shape index (κ3) is 0.952. The maximum absolute atomic E-state index is 8.16. The fraction of sp³-hybridized carbons (Fsp3) is 0.250. The van der Waals surface area contributed by atoms with Crippen molar-refractivity contribution in [2.75, 3.05) is 6.54 Å². The summed E-state index contributed by atoms with van der Waals surface area (Å²) in [5.74, 6) is 0. The average molecular weight is 111 g/mol. The molecule has 7 heavy (non-hydrogen) atoms. The molecular formula is C4H3N2S. The molecule has 0 bridgehead atoms. The van der Waals surface area contributed by atoms with Crippen LogP contribution in [-0.2, 0) is 0 Å². The van der Waals surface area contributed by atoms with Gasteiger partial charge in [0.05, 0.1) is 17.1 Å². The monoisotopic (exact) mass is 111 g/mol. The fourth-order valence-electron chi connectivity index (χ4n) is 0.304. The molecule has 0 aliphatic carbocycles. The zero-order valence-corrected chi connectivity index (χ0v) is 4.38. The van der Waals surface area contributed by atoms with Crippen LogP contribution in [0.15, 0.2) is 5.57 Å². The van der Waals surface area contributed by atoms with Crippen molar-refractivity contribution < 1.29 is 0 Å². The Balaban J connectivity index is 2.57. The summed E-state index contributed by atoms with van der Waals surface area (Å²) >= 11 is 1.35. The SMILES string of the molecule is N#CC1=[C]SNC1. The van der Waals surface area contributed by atoms with Crippen LogP contribution in [0.4, 0.5) is 0 Å². The first-order chi connectivity index (χ1) is 3.43. The van der Waals surface area contributed by atoms with Crippen LogP contribution in [-0.4, -0.2) is 6.54 Å². The summed E-state index contributed by atoms with van der Waals surface area (Å²) in [5.41, 5.74) is 0.699. The van der Waals surface area contributed by atoms with E-state index in [1.165, 1.54) is 11.9 Å². The van der Waals surface area contributed by atoms with Crippen molar-refractivity contribution in [3.63, 3.8) is 0 Å². The normalized spacial score (nSPS) is 18.4. The molecule has 0 aromatic carbocycles. The molecule has 1 radical (unpaired) electrons. The molecule has 1 N–H and O–H groups in total. The Labute approximate surface area is 46.3 Å². The van der Waals surface area contributed by atoms with E-state index in [-0.39, 0.29) is 0 Å². The van der Waals surface area contributed by atoms with Crippen molar-refractivity contribution in [3.8, 4) is 6.07 Å². The van der Waals surface area contributed by atoms with Gasteiger partial charge in [-0.2, -0.15) is 5.26 Å². The van der Waals surface area contributed by atoms with E-state index in [2.05, 4.69) is 10.1 Å². The van der Waals surface area contributed by atoms with Gasteiger partial charge in [0, 0.05) is 6.54 Å². The molecule has 0 aromatic rings. The quantitative estimate of drug-likeness (QED) is 0.461. The molecular weight excluding hydrogens is 108 g/mol. The number of nitrogens with zero attached hydrogens (tertiary/aromatic N) is 1. The smallest absolute Gasteiger partial charge is 0.0973 e. The minimum atomic E-state index is 0.668. The average Bonchev–Trinajstić information content (AvgIpc) is 2.14. The molecule has 0 spiro atoms. The van der Waals surface area contributed by atoms with Gasteiger partial charge in [0.25, 0.3) is 0 Å². The molecule has 0 unspecified atom stereocenters. The second-order valence-electron chi connectivity index (χ2n) is 1.12. The van der Waals surface area contributed by atoms with E-state index in [4.69, 9.17) is 5.26 Å². The summed E-state index contributed by atoms with van der Waals surface area (Å²) < 4.78 is 2.87. The van der Waals surface area contributed by atoms with E-state index in [0.29, 0.717) is 12.1 Å². The van der Waals surface area contributed by atoms with E-state index < -0.39 is 0 Å². The maximum atomic E-state index is 8.16. The van der Waals surface area contributed by atoms with Gasteiger partial charge in [-0.05, 0) is 11.9 Å². The number of hydrogen-bond donors (Lipinski definition) is 1. The van der Waals surface area contributed by atoms with Crippen LogP contribution in [0.5, 0.6) is 0 Å². The van der Waals surface area contributed by atoms with Gasteiger partial charge in [0.15, 0.2) is 0 Å². The van der Waals surface area contributed by atoms with Crippen LogP contribution < -0.4 is 4.72 Å². The first-order valence-corrected chi connectivity index (χ1v) is 2.66. The molecule has 35 valence electrons. The highest BCUT2D eigenvalue weighted by atomic mass is 32.2. The molecule has 0 atom stereocenters. The third-order valence-electron chi connectivity index (χ3n) is 0.630. The summed E-state index contributed by atoms with van der Waals surface area (Å²) in [6, 6.07) is 1.99. The van der Waals surface area contributed by atoms with Crippen molar-refractivity contribution in [1.82, 2.24) is 4.72 Å². The molecule has 1 rings (SSSR count). The van der Waals surface area contributed by atoms with Crippen molar-refractivity contribution in [1.29, 1.82) is 5.26 Å². The zero-order chi connectivity index (χ0) is 5.11. The van der Waals surface area contributed by atoms with Crippen LogP contribution in [0.3, 0.4) is 0 Å². The lowest BCUT2D eigenvalue weighted by molar-refractivity contribution is 1.11. The zero-order valence-electron chi connectivity index (χ0n) is 3.56. The summed E-state index contributed by atoms with van der Waals surface area (Å²) in [6.45, 7) is 0.668. The van der Waals surface area contributed by atoms with Crippen LogP contribution in [0.1, 0.15) is 0 Å². The minimum absolute atomic E-state index is 0.668. The highest BCUT2D eigenvalue weighted by molar-refractivity contribution is 7.99. The largest absolute Gasteiger partial charge is 0.255 e. The first kappa shape index (κ1) is 4.69. The second-order valence-corrected chi connectivity index (χ2v) is 1.81. The number of rotatable bonds is 0. The molecule has 0 aromatic heterocycles. The number of hydrogen-bond acceptors (Lipinski definition) is 3. The van der Waals surface area contributed by atoms with E-state index >= 15 is 0 Å². The van der Waals surface area contributed by atoms with Crippen molar-refractivity contribution in [2.24, 2.45) is 0 Å². The van der Waals surface area contributed by atoms with Gasteiger partial charge in [-0.1, -0.05) is 0 Å². The first-order valence-electron chi connectivity index (χ1n) is 1.84. The van der Waals surface area contributed by atoms with E-state index in [1.807, 2.05) is 6.07 Å². The second kappa shape index (κ2) is 2.01. The van der Waals surface area contributed by atoms with Gasteiger partial charge in [-0.3, -0.25) is 4.72 Å². The van der Waals surface area contributed by atoms with Gasteiger partial charge < -0.3 is 0 Å². The number of nitrogens with one attached hydrogen (secondary N) is 1. The summed E-state index contributed by atoms with van der Waals surface area (Å²) in [4.78, 5) is 0. The standard InChI is InChI=1S/C4H3N2S/c5-1-4-2-6-7-3-4/h6H,2H2. The topological polar surface area (TPSA) is 35.8 Å². The van der Waals surface area contributed by atoms with Crippen LogP contribution in [0.2, 0.25) is 0 Å². The van der Waals surface area contributed by atoms with Gasteiger partial charge in [-0.15, -0.1) is 0 Å². The Bertz CT molecular complexity index is 133. The van der Waals surface area contributed by atoms with Gasteiger partial charge in [0.2, 0.25) is 0 Å². The highest BCUT2D eigenvalue weighted by Gasteiger charge is 2.00. The van der Waals surface area contributed by atoms with Crippen molar-refractivity contribution in [2.45, 2.75) is 0 Å². The fourth-order valence-corrected chi connectivity index (χ4v) is 0.834. The molecule has 1 aliphatic heterocycles. The van der Waals surface area contributed by atoms with E-state index in [1.54, 1.807) is 0 Å². The van der Waals surface area contributed by atoms with E-state index in [9.17, 15) is 0 Å². The molecule has 1 heterocycles. The molecule has 2 nitrogen and oxygen atoms in total. The van der Waals surface area contributed by atoms with Gasteiger partial charge >= 0.3 is 0 Å². The van der Waals surface area contributed by atoms with Crippen LogP contribution in [0, 0.1) is 16.7 Å². The Kier molecular flexibility index (Phi) is 1.35. The molecule has 1 aliphatic rings. The van der Waals surface area contributed by atoms with Gasteiger partial charge in [-0.25, -0.2) is 0 Å². The Morgan fingerprint density at radius 3 is 3.14 bits per heavy atom. The lowest BCUT2D eigenvalue weighted by atomic mass is 10.4. The lowest BCUT2D eigenvalue weighted by Crippen LogP contribution is -1.97. The summed E-state index contributed by atoms with van der Waals surface area (Å²) in [5, 5.41) is 10.9. The molecule has 0 saturated carbocycles. The van der Waals surface area contributed by atoms with Crippen LogP contribution in [0.25, 0.3) is 0 Å². The predicted octanol–water partition coefficient (Wildman–Crippen LogP) is 0.448. The lowest BCUT2D eigenvalue weighted by Gasteiger charge is -1.79. The Morgan fingerprint density at radius 1 is 2.00 bits per heavy atom. The Morgan fingerprint density at radius 2 is 2.86 bits per heavy atom. The van der Waals surface area contributed by atoms with Crippen molar-refractivity contribution >= 4 is 11.9 Å². The predicted molar refractivity (Wildman–Crippen MR) is 28.0 cm³/mol. The highest BCUT2D eigenvalue weighted by Crippen LogP contribution is 2.07. The summed E-state index contributed by atoms with van der Waals surface area (Å²) in [7, 11) is 0. The third-order valence-corrected chi connectivity index (χ3v) is 1.27. The minimum Gasteiger partial charge on any atom is -0.255 e. The van der Waals surface area contributed by atoms with E-state index in [0.717, 1.165) is 0 Å². The molecule has 0 saturated heterocycles. The van der Waals surface area contributed by atoms with Crippen LogP contribution >= 0.6 is 11.9 Å². The maximum Gasteiger partial charge on any atom is 0.0973 e. The van der Waals surface area contributed by atoms with Gasteiger partial charge in [0.1, 0.15) is 0 Å². The Hall–Kier alpha value is -0.460. The molecule has 0 amide bonds. The number of nitriles is 1. The molecule has 3 heteroatoms. The summed E-state index contributed by atoms with van der Waals surface area (Å²) in [6.07, 6.45) is 0. The van der Waals surface area contributed by atoms with Crippen molar-refractivity contribution in [3.05, 3.63) is 11.0 Å².